The Morgan fingerprint density at radius 3 is 2.57 bits per heavy atom. The normalized spacial score (nSPS) is 12.9. The van der Waals surface area contributed by atoms with E-state index in [4.69, 9.17) is 4.74 Å². The quantitative estimate of drug-likeness (QED) is 0.630. The van der Waals surface area contributed by atoms with Crippen LogP contribution >= 0.6 is 15.9 Å². The molecule has 1 rings (SSSR count). The molecule has 0 aromatic heterocycles. The van der Waals surface area contributed by atoms with Crippen molar-refractivity contribution in [2.75, 3.05) is 33.3 Å². The number of nitrogens with one attached hydrogen (secondary N) is 1. The highest BCUT2D eigenvalue weighted by molar-refractivity contribution is 9.10. The van der Waals surface area contributed by atoms with E-state index in [-0.39, 0.29) is 0 Å². The molecule has 1 unspecified atom stereocenters. The standard InChI is InChI=1S/C16H27BrN2O2/c1-13(2)19(3)10-4-9-18-11-15(20)12-21-16-7-5-14(17)6-8-16/h5-8,13,15,18,20H,4,9-12H2,1-3H3. The lowest BCUT2D eigenvalue weighted by Gasteiger charge is -2.21. The van der Waals surface area contributed by atoms with Crippen LogP contribution in [0.5, 0.6) is 5.75 Å². The van der Waals surface area contributed by atoms with E-state index in [0.717, 1.165) is 29.7 Å². The van der Waals surface area contributed by atoms with Crippen LogP contribution < -0.4 is 10.1 Å². The lowest BCUT2D eigenvalue weighted by Crippen LogP contribution is -2.34. The number of aliphatic hydroxyl groups is 1. The summed E-state index contributed by atoms with van der Waals surface area (Å²) >= 11 is 3.37. The molecule has 0 aliphatic rings. The van der Waals surface area contributed by atoms with Gasteiger partial charge in [0.2, 0.25) is 0 Å². The second kappa shape index (κ2) is 10.2. The Balaban J connectivity index is 2.06. The fraction of sp³-hybridized carbons (Fsp3) is 0.625. The molecule has 0 heterocycles. The number of hydrogen-bond donors (Lipinski definition) is 2. The Kier molecular flexibility index (Phi) is 8.92. The molecule has 1 aromatic carbocycles. The summed E-state index contributed by atoms with van der Waals surface area (Å²) in [5.74, 6) is 0.774. The van der Waals surface area contributed by atoms with Crippen molar-refractivity contribution >= 4 is 15.9 Å². The summed E-state index contributed by atoms with van der Waals surface area (Å²) in [5, 5.41) is 13.1. The van der Waals surface area contributed by atoms with Gasteiger partial charge in [-0.25, -0.2) is 0 Å². The number of hydrogen-bond acceptors (Lipinski definition) is 4. The summed E-state index contributed by atoms with van der Waals surface area (Å²) in [6.45, 7) is 7.22. The van der Waals surface area contributed by atoms with Gasteiger partial charge < -0.3 is 20.1 Å². The first-order chi connectivity index (χ1) is 9.99. The van der Waals surface area contributed by atoms with Gasteiger partial charge in [0.1, 0.15) is 18.5 Å². The zero-order chi connectivity index (χ0) is 15.7. The minimum absolute atomic E-state index is 0.306. The van der Waals surface area contributed by atoms with E-state index in [0.29, 0.717) is 19.2 Å². The monoisotopic (exact) mass is 358 g/mol. The van der Waals surface area contributed by atoms with Crippen LogP contribution in [0.2, 0.25) is 0 Å². The zero-order valence-corrected chi connectivity index (χ0v) is 14.8. The highest BCUT2D eigenvalue weighted by Gasteiger charge is 2.06. The maximum absolute atomic E-state index is 9.85. The topological polar surface area (TPSA) is 44.7 Å². The number of halogens is 1. The minimum Gasteiger partial charge on any atom is -0.491 e. The molecule has 0 amide bonds. The van der Waals surface area contributed by atoms with Crippen LogP contribution in [0, 0.1) is 0 Å². The highest BCUT2D eigenvalue weighted by atomic mass is 79.9. The van der Waals surface area contributed by atoms with Crippen LogP contribution in [0.4, 0.5) is 0 Å². The van der Waals surface area contributed by atoms with Crippen molar-refractivity contribution in [2.45, 2.75) is 32.4 Å². The van der Waals surface area contributed by atoms with Gasteiger partial charge in [-0.3, -0.25) is 0 Å². The molecule has 21 heavy (non-hydrogen) atoms. The SMILES string of the molecule is CC(C)N(C)CCCNCC(O)COc1ccc(Br)cc1. The van der Waals surface area contributed by atoms with Gasteiger partial charge in [0, 0.05) is 17.1 Å². The molecule has 1 atom stereocenters. The average molecular weight is 359 g/mol. The molecule has 0 saturated carbocycles. The molecule has 0 saturated heterocycles. The van der Waals surface area contributed by atoms with Crippen LogP contribution in [0.1, 0.15) is 20.3 Å². The van der Waals surface area contributed by atoms with Crippen LogP contribution in [-0.2, 0) is 0 Å². The van der Waals surface area contributed by atoms with E-state index in [2.05, 4.69) is 47.0 Å². The maximum atomic E-state index is 9.85. The fourth-order valence-electron chi connectivity index (χ4n) is 1.76. The molecule has 0 radical (unpaired) electrons. The predicted molar refractivity (Wildman–Crippen MR) is 90.9 cm³/mol. The number of rotatable bonds is 10. The van der Waals surface area contributed by atoms with Crippen molar-refractivity contribution < 1.29 is 9.84 Å². The van der Waals surface area contributed by atoms with Crippen LogP contribution in [0.15, 0.2) is 28.7 Å². The first-order valence-electron chi connectivity index (χ1n) is 7.46. The number of nitrogens with zero attached hydrogens (tertiary/aromatic N) is 1. The summed E-state index contributed by atoms with van der Waals surface area (Å²) in [4.78, 5) is 2.31. The van der Waals surface area contributed by atoms with Gasteiger partial charge in [-0.1, -0.05) is 15.9 Å². The molecule has 5 heteroatoms. The van der Waals surface area contributed by atoms with Crippen LogP contribution in [-0.4, -0.2) is 55.4 Å². The van der Waals surface area contributed by atoms with Crippen molar-refractivity contribution in [1.29, 1.82) is 0 Å². The molecule has 0 aliphatic heterocycles. The third-order valence-corrected chi connectivity index (χ3v) is 3.91. The smallest absolute Gasteiger partial charge is 0.119 e. The average Bonchev–Trinajstić information content (AvgIpc) is 2.46. The first kappa shape index (κ1) is 18.4. The van der Waals surface area contributed by atoms with Crippen molar-refractivity contribution in [3.63, 3.8) is 0 Å². The Morgan fingerprint density at radius 1 is 1.29 bits per heavy atom. The van der Waals surface area contributed by atoms with Crippen molar-refractivity contribution in [2.24, 2.45) is 0 Å². The Hall–Kier alpha value is -0.620. The van der Waals surface area contributed by atoms with E-state index in [1.165, 1.54) is 0 Å². The number of benzene rings is 1. The van der Waals surface area contributed by atoms with Gasteiger partial charge in [-0.2, -0.15) is 0 Å². The van der Waals surface area contributed by atoms with Gasteiger partial charge in [0.05, 0.1) is 0 Å². The van der Waals surface area contributed by atoms with Crippen LogP contribution in [0.25, 0.3) is 0 Å². The second-order valence-corrected chi connectivity index (χ2v) is 6.47. The summed E-state index contributed by atoms with van der Waals surface area (Å²) in [6, 6.07) is 8.18. The van der Waals surface area contributed by atoms with Gasteiger partial charge in [0.15, 0.2) is 0 Å². The molecule has 0 bridgehead atoms. The van der Waals surface area contributed by atoms with Gasteiger partial charge in [-0.05, 0) is 64.7 Å². The first-order valence-corrected chi connectivity index (χ1v) is 8.25. The van der Waals surface area contributed by atoms with Crippen molar-refractivity contribution in [3.8, 4) is 5.75 Å². The third kappa shape index (κ3) is 8.41. The lowest BCUT2D eigenvalue weighted by molar-refractivity contribution is 0.106. The summed E-state index contributed by atoms with van der Waals surface area (Å²) < 4.78 is 6.55. The van der Waals surface area contributed by atoms with E-state index in [1.54, 1.807) is 0 Å². The fourth-order valence-corrected chi connectivity index (χ4v) is 2.03. The van der Waals surface area contributed by atoms with Gasteiger partial charge in [-0.15, -0.1) is 0 Å². The van der Waals surface area contributed by atoms with Gasteiger partial charge >= 0.3 is 0 Å². The van der Waals surface area contributed by atoms with E-state index in [9.17, 15) is 5.11 Å². The van der Waals surface area contributed by atoms with Crippen LogP contribution in [0.3, 0.4) is 0 Å². The Labute approximate surface area is 136 Å². The molecule has 120 valence electrons. The third-order valence-electron chi connectivity index (χ3n) is 3.38. The van der Waals surface area contributed by atoms with Crippen molar-refractivity contribution in [3.05, 3.63) is 28.7 Å². The Morgan fingerprint density at radius 2 is 1.95 bits per heavy atom. The van der Waals surface area contributed by atoms with Gasteiger partial charge in [0.25, 0.3) is 0 Å². The number of aliphatic hydroxyl groups excluding tert-OH is 1. The summed E-state index contributed by atoms with van der Waals surface area (Å²) in [5.41, 5.74) is 0. The highest BCUT2D eigenvalue weighted by Crippen LogP contribution is 2.16. The zero-order valence-electron chi connectivity index (χ0n) is 13.2. The molecule has 0 fully saturated rings. The maximum Gasteiger partial charge on any atom is 0.119 e. The summed E-state index contributed by atoms with van der Waals surface area (Å²) in [7, 11) is 2.13. The second-order valence-electron chi connectivity index (χ2n) is 5.55. The minimum atomic E-state index is -0.489. The van der Waals surface area contributed by atoms with E-state index < -0.39 is 6.10 Å². The van der Waals surface area contributed by atoms with Crippen molar-refractivity contribution in [1.82, 2.24) is 10.2 Å². The lowest BCUT2D eigenvalue weighted by atomic mass is 10.3. The molecular formula is C16H27BrN2O2. The molecule has 2 N–H and O–H groups in total. The Bertz CT molecular complexity index is 384. The molecule has 1 aromatic rings. The van der Waals surface area contributed by atoms with E-state index >= 15 is 0 Å². The molecule has 0 aliphatic carbocycles. The largest absolute Gasteiger partial charge is 0.491 e. The van der Waals surface area contributed by atoms with E-state index in [1.807, 2.05) is 24.3 Å². The molecule has 0 spiro atoms. The number of ether oxygens (including phenoxy) is 1. The molecule has 4 nitrogen and oxygen atoms in total. The summed E-state index contributed by atoms with van der Waals surface area (Å²) in [6.07, 6.45) is 0.589. The predicted octanol–water partition coefficient (Wildman–Crippen LogP) is 2.51. The molecular weight excluding hydrogens is 332 g/mol.